The van der Waals surface area contributed by atoms with Gasteiger partial charge in [0.15, 0.2) is 0 Å². The summed E-state index contributed by atoms with van der Waals surface area (Å²) in [7, 11) is -1.43. The largest absolute Gasteiger partial charge is 0.490 e. The van der Waals surface area contributed by atoms with Crippen LogP contribution < -0.4 is 5.46 Å². The van der Waals surface area contributed by atoms with Crippen molar-refractivity contribution in [2.24, 2.45) is 0 Å². The third kappa shape index (κ3) is 2.54. The predicted octanol–water partition coefficient (Wildman–Crippen LogP) is 0.0589. The normalized spacial score (nSPS) is 11.5. The number of hydrogen-bond donors (Lipinski definition) is 2. The number of hydrogen-bond acceptors (Lipinski definition) is 3. The van der Waals surface area contributed by atoms with Crippen molar-refractivity contribution in [3.63, 3.8) is 0 Å². The van der Waals surface area contributed by atoms with Crippen molar-refractivity contribution in [3.05, 3.63) is 24.0 Å². The van der Waals surface area contributed by atoms with Gasteiger partial charge >= 0.3 is 7.12 Å². The van der Waals surface area contributed by atoms with Gasteiger partial charge in [-0.15, -0.1) is 0 Å². The highest BCUT2D eigenvalue weighted by atomic mass is 16.4. The molecule has 0 aromatic carbocycles. The Kier molecular flexibility index (Phi) is 2.73. The molecule has 4 heteroatoms. The van der Waals surface area contributed by atoms with Gasteiger partial charge in [-0.2, -0.15) is 0 Å². The minimum Gasteiger partial charge on any atom is -0.423 e. The van der Waals surface area contributed by atoms with Crippen LogP contribution in [-0.4, -0.2) is 22.2 Å². The fraction of sp³-hybridized carbons (Fsp3) is 0.444. The van der Waals surface area contributed by atoms with Crippen LogP contribution in [0.3, 0.4) is 0 Å². The Labute approximate surface area is 78.6 Å². The quantitative estimate of drug-likeness (QED) is 0.599. The van der Waals surface area contributed by atoms with E-state index >= 15 is 0 Å². The highest BCUT2D eigenvalue weighted by Gasteiger charge is 2.17. The van der Waals surface area contributed by atoms with Crippen molar-refractivity contribution in [2.75, 3.05) is 0 Å². The predicted molar refractivity (Wildman–Crippen MR) is 52.8 cm³/mol. The average Bonchev–Trinajstić information content (AvgIpc) is 2.03. The molecule has 0 saturated heterocycles. The number of pyridine rings is 1. The summed E-state index contributed by atoms with van der Waals surface area (Å²) in [5.74, 6) is 0. The van der Waals surface area contributed by atoms with Crippen molar-refractivity contribution in [1.29, 1.82) is 0 Å². The van der Waals surface area contributed by atoms with Gasteiger partial charge in [-0.25, -0.2) is 0 Å². The zero-order chi connectivity index (χ0) is 10.1. The molecule has 0 aliphatic carbocycles. The van der Waals surface area contributed by atoms with Crippen molar-refractivity contribution < 1.29 is 10.0 Å². The molecule has 1 rings (SSSR count). The zero-order valence-corrected chi connectivity index (χ0v) is 8.15. The van der Waals surface area contributed by atoms with Gasteiger partial charge in [0.05, 0.1) is 0 Å². The van der Waals surface area contributed by atoms with Crippen molar-refractivity contribution in [2.45, 2.75) is 26.2 Å². The van der Waals surface area contributed by atoms with E-state index < -0.39 is 7.12 Å². The summed E-state index contributed by atoms with van der Waals surface area (Å²) >= 11 is 0. The van der Waals surface area contributed by atoms with Gasteiger partial charge in [-0.1, -0.05) is 26.8 Å². The fourth-order valence-corrected chi connectivity index (χ4v) is 1.00. The van der Waals surface area contributed by atoms with E-state index in [1.807, 2.05) is 6.07 Å². The van der Waals surface area contributed by atoms with Crippen LogP contribution in [0.4, 0.5) is 0 Å². The van der Waals surface area contributed by atoms with E-state index in [1.54, 1.807) is 6.07 Å². The maximum Gasteiger partial charge on any atom is 0.490 e. The molecule has 2 N–H and O–H groups in total. The maximum absolute atomic E-state index is 8.83. The van der Waals surface area contributed by atoms with Crippen LogP contribution in [0.15, 0.2) is 18.3 Å². The molecular weight excluding hydrogens is 165 g/mol. The second-order valence-electron chi connectivity index (χ2n) is 4.10. The van der Waals surface area contributed by atoms with Gasteiger partial charge < -0.3 is 10.0 Å². The molecule has 1 aromatic heterocycles. The second kappa shape index (κ2) is 3.48. The van der Waals surface area contributed by atoms with Gasteiger partial charge in [0, 0.05) is 22.8 Å². The van der Waals surface area contributed by atoms with Crippen LogP contribution in [-0.2, 0) is 5.41 Å². The van der Waals surface area contributed by atoms with Gasteiger partial charge in [-0.3, -0.25) is 4.98 Å². The summed E-state index contributed by atoms with van der Waals surface area (Å²) in [5, 5.41) is 17.7. The Morgan fingerprint density at radius 2 is 1.85 bits per heavy atom. The van der Waals surface area contributed by atoms with Gasteiger partial charge in [-0.05, 0) is 6.07 Å². The molecule has 0 aliphatic rings. The molecule has 13 heavy (non-hydrogen) atoms. The maximum atomic E-state index is 8.83. The summed E-state index contributed by atoms with van der Waals surface area (Å²) in [6, 6.07) is 3.49. The molecule has 3 nitrogen and oxygen atoms in total. The van der Waals surface area contributed by atoms with Crippen LogP contribution in [0, 0.1) is 0 Å². The Morgan fingerprint density at radius 1 is 1.23 bits per heavy atom. The first-order valence-electron chi connectivity index (χ1n) is 4.24. The van der Waals surface area contributed by atoms with Gasteiger partial charge in [0.2, 0.25) is 0 Å². The number of aromatic nitrogens is 1. The highest BCUT2D eigenvalue weighted by molar-refractivity contribution is 6.58. The van der Waals surface area contributed by atoms with Crippen molar-refractivity contribution >= 4 is 12.6 Å². The smallest absolute Gasteiger partial charge is 0.423 e. The zero-order valence-electron chi connectivity index (χ0n) is 8.15. The van der Waals surface area contributed by atoms with E-state index in [4.69, 9.17) is 10.0 Å². The Bertz CT molecular complexity index is 277. The minimum atomic E-state index is -1.43. The van der Waals surface area contributed by atoms with Crippen LogP contribution in [0.25, 0.3) is 0 Å². The lowest BCUT2D eigenvalue weighted by Gasteiger charge is -2.17. The molecule has 0 bridgehead atoms. The molecule has 0 spiro atoms. The van der Waals surface area contributed by atoms with Crippen molar-refractivity contribution in [3.8, 4) is 0 Å². The van der Waals surface area contributed by atoms with Gasteiger partial charge in [0.1, 0.15) is 0 Å². The molecule has 0 radical (unpaired) electrons. The summed E-state index contributed by atoms with van der Waals surface area (Å²) in [6.07, 6.45) is 1.49. The van der Waals surface area contributed by atoms with Crippen LogP contribution in [0.1, 0.15) is 26.5 Å². The van der Waals surface area contributed by atoms with E-state index in [2.05, 4.69) is 25.8 Å². The van der Waals surface area contributed by atoms with E-state index in [0.29, 0.717) is 5.46 Å². The monoisotopic (exact) mass is 179 g/mol. The topological polar surface area (TPSA) is 53.4 Å². The third-order valence-corrected chi connectivity index (χ3v) is 1.85. The molecule has 1 heterocycles. The van der Waals surface area contributed by atoms with Crippen molar-refractivity contribution in [1.82, 2.24) is 4.98 Å². The third-order valence-electron chi connectivity index (χ3n) is 1.85. The molecule has 1 aromatic rings. The highest BCUT2D eigenvalue weighted by Crippen LogP contribution is 2.18. The van der Waals surface area contributed by atoms with E-state index in [0.717, 1.165) is 5.69 Å². The van der Waals surface area contributed by atoms with E-state index in [9.17, 15) is 0 Å². The molecule has 0 saturated carbocycles. The average molecular weight is 179 g/mol. The Hall–Kier alpha value is -0.865. The molecular formula is C9H14BNO2. The Morgan fingerprint density at radius 3 is 2.15 bits per heavy atom. The fourth-order valence-electron chi connectivity index (χ4n) is 1.00. The standard InChI is InChI=1S/C9H14BNO2/c1-9(2,3)8-5-4-7(6-11-8)10(12)13/h4-6,12-13H,1-3H3. The number of nitrogens with zero attached hydrogens (tertiary/aromatic N) is 1. The first kappa shape index (κ1) is 10.2. The summed E-state index contributed by atoms with van der Waals surface area (Å²) in [5.41, 5.74) is 1.36. The molecule has 0 amide bonds. The lowest BCUT2D eigenvalue weighted by molar-refractivity contribution is 0.425. The lowest BCUT2D eigenvalue weighted by atomic mass is 9.80. The van der Waals surface area contributed by atoms with Crippen LogP contribution in [0.5, 0.6) is 0 Å². The van der Waals surface area contributed by atoms with Gasteiger partial charge in [0.25, 0.3) is 0 Å². The summed E-state index contributed by atoms with van der Waals surface area (Å²) < 4.78 is 0. The lowest BCUT2D eigenvalue weighted by Crippen LogP contribution is -2.30. The van der Waals surface area contributed by atoms with Crippen LogP contribution >= 0.6 is 0 Å². The minimum absolute atomic E-state index is 0.00105. The first-order chi connectivity index (χ1) is 5.91. The second-order valence-corrected chi connectivity index (χ2v) is 4.10. The first-order valence-corrected chi connectivity index (χ1v) is 4.24. The Balaban J connectivity index is 2.94. The molecule has 0 unspecified atom stereocenters. The molecule has 70 valence electrons. The van der Waals surface area contributed by atoms with Crippen LogP contribution in [0.2, 0.25) is 0 Å². The summed E-state index contributed by atoms with van der Waals surface area (Å²) in [6.45, 7) is 6.18. The van der Waals surface area contributed by atoms with E-state index in [-0.39, 0.29) is 5.41 Å². The molecule has 0 atom stereocenters. The molecule has 0 aliphatic heterocycles. The summed E-state index contributed by atoms with van der Waals surface area (Å²) in [4.78, 5) is 4.15. The molecule has 0 fully saturated rings. The van der Waals surface area contributed by atoms with E-state index in [1.165, 1.54) is 6.20 Å². The number of rotatable bonds is 1. The SMILES string of the molecule is CC(C)(C)c1ccc(B(O)O)cn1.